The number of nitrogens with two attached hydrogens (primary N) is 1. The molecular weight excluding hydrogens is 276 g/mol. The Morgan fingerprint density at radius 3 is 2.50 bits per heavy atom. The highest BCUT2D eigenvalue weighted by Crippen LogP contribution is 2.25. The van der Waals surface area contributed by atoms with Gasteiger partial charge in [0.05, 0.1) is 6.10 Å². The van der Waals surface area contributed by atoms with Crippen LogP contribution in [0.15, 0.2) is 48.5 Å². The van der Waals surface area contributed by atoms with E-state index in [9.17, 15) is 4.79 Å². The molecule has 0 bridgehead atoms. The molecule has 4 nitrogen and oxygen atoms in total. The second kappa shape index (κ2) is 6.52. The van der Waals surface area contributed by atoms with Crippen LogP contribution in [0.4, 0.5) is 11.4 Å². The van der Waals surface area contributed by atoms with Crippen molar-refractivity contribution in [2.75, 3.05) is 11.1 Å². The van der Waals surface area contributed by atoms with E-state index < -0.39 is 0 Å². The van der Waals surface area contributed by atoms with Crippen LogP contribution in [0.2, 0.25) is 0 Å². The normalized spacial score (nSPS) is 14.7. The molecule has 2 aromatic carbocycles. The van der Waals surface area contributed by atoms with E-state index in [1.165, 1.54) is 12.8 Å². The molecule has 4 heteroatoms. The third kappa shape index (κ3) is 3.58. The zero-order valence-electron chi connectivity index (χ0n) is 12.4. The molecule has 0 heterocycles. The van der Waals surface area contributed by atoms with E-state index in [-0.39, 0.29) is 5.91 Å². The largest absolute Gasteiger partial charge is 0.490 e. The van der Waals surface area contributed by atoms with Crippen molar-refractivity contribution in [1.82, 2.24) is 0 Å². The van der Waals surface area contributed by atoms with E-state index in [0.29, 0.717) is 17.4 Å². The number of ether oxygens (including phenoxy) is 1. The number of nitrogens with one attached hydrogen (secondary N) is 1. The molecule has 114 valence electrons. The number of amides is 1. The van der Waals surface area contributed by atoms with Crippen molar-refractivity contribution in [3.8, 4) is 5.75 Å². The Bertz CT molecular complexity index is 646. The monoisotopic (exact) mass is 296 g/mol. The SMILES string of the molecule is Nc1cccc(C(=O)Nc2ccc(OC3CCCC3)cc2)c1. The Kier molecular flexibility index (Phi) is 4.28. The van der Waals surface area contributed by atoms with Gasteiger partial charge in [0, 0.05) is 16.9 Å². The maximum absolute atomic E-state index is 12.1. The number of anilines is 2. The number of carbonyl (C=O) groups excluding carboxylic acids is 1. The van der Waals surface area contributed by atoms with Gasteiger partial charge in [-0.15, -0.1) is 0 Å². The molecule has 0 saturated heterocycles. The van der Waals surface area contributed by atoms with E-state index in [0.717, 1.165) is 24.3 Å². The fourth-order valence-electron chi connectivity index (χ4n) is 2.70. The van der Waals surface area contributed by atoms with Gasteiger partial charge in [0.25, 0.3) is 5.91 Å². The molecule has 0 radical (unpaired) electrons. The molecule has 0 aliphatic heterocycles. The van der Waals surface area contributed by atoms with E-state index >= 15 is 0 Å². The van der Waals surface area contributed by atoms with Crippen molar-refractivity contribution in [2.45, 2.75) is 31.8 Å². The summed E-state index contributed by atoms with van der Waals surface area (Å²) in [5.74, 6) is 0.686. The van der Waals surface area contributed by atoms with Gasteiger partial charge in [-0.3, -0.25) is 4.79 Å². The first-order valence-electron chi connectivity index (χ1n) is 7.64. The predicted molar refractivity (Wildman–Crippen MR) is 88.1 cm³/mol. The van der Waals surface area contributed by atoms with Crippen molar-refractivity contribution >= 4 is 17.3 Å². The smallest absolute Gasteiger partial charge is 0.255 e. The number of hydrogen-bond donors (Lipinski definition) is 2. The van der Waals surface area contributed by atoms with Crippen LogP contribution in [0, 0.1) is 0 Å². The summed E-state index contributed by atoms with van der Waals surface area (Å²) < 4.78 is 5.91. The Labute approximate surface area is 130 Å². The van der Waals surface area contributed by atoms with E-state index in [4.69, 9.17) is 10.5 Å². The van der Waals surface area contributed by atoms with Crippen LogP contribution in [0.25, 0.3) is 0 Å². The first-order chi connectivity index (χ1) is 10.7. The van der Waals surface area contributed by atoms with Crippen LogP contribution in [0.5, 0.6) is 5.75 Å². The summed E-state index contributed by atoms with van der Waals surface area (Å²) in [7, 11) is 0. The van der Waals surface area contributed by atoms with Crippen molar-refractivity contribution < 1.29 is 9.53 Å². The first kappa shape index (κ1) is 14.4. The van der Waals surface area contributed by atoms with Crippen LogP contribution in [0.1, 0.15) is 36.0 Å². The molecule has 0 atom stereocenters. The Morgan fingerprint density at radius 1 is 1.09 bits per heavy atom. The quantitative estimate of drug-likeness (QED) is 0.842. The summed E-state index contributed by atoms with van der Waals surface area (Å²) >= 11 is 0. The molecule has 1 saturated carbocycles. The highest BCUT2D eigenvalue weighted by atomic mass is 16.5. The third-order valence-electron chi connectivity index (χ3n) is 3.87. The molecule has 3 rings (SSSR count). The van der Waals surface area contributed by atoms with Gasteiger partial charge in [-0.05, 0) is 68.1 Å². The highest BCUT2D eigenvalue weighted by Gasteiger charge is 2.16. The molecule has 1 aliphatic rings. The maximum Gasteiger partial charge on any atom is 0.255 e. The fraction of sp³-hybridized carbons (Fsp3) is 0.278. The molecule has 0 aromatic heterocycles. The molecule has 1 fully saturated rings. The zero-order chi connectivity index (χ0) is 15.4. The van der Waals surface area contributed by atoms with Crippen LogP contribution >= 0.6 is 0 Å². The van der Waals surface area contributed by atoms with E-state index in [1.54, 1.807) is 24.3 Å². The van der Waals surface area contributed by atoms with Gasteiger partial charge in [-0.25, -0.2) is 0 Å². The lowest BCUT2D eigenvalue weighted by atomic mass is 10.2. The lowest BCUT2D eigenvalue weighted by molar-refractivity contribution is 0.102. The Morgan fingerprint density at radius 2 is 1.82 bits per heavy atom. The molecule has 3 N–H and O–H groups in total. The van der Waals surface area contributed by atoms with Gasteiger partial charge in [-0.1, -0.05) is 6.07 Å². The van der Waals surface area contributed by atoms with Gasteiger partial charge >= 0.3 is 0 Å². The predicted octanol–water partition coefficient (Wildman–Crippen LogP) is 3.84. The summed E-state index contributed by atoms with van der Waals surface area (Å²) in [4.78, 5) is 12.1. The summed E-state index contributed by atoms with van der Waals surface area (Å²) in [6.07, 6.45) is 5.10. The van der Waals surface area contributed by atoms with Gasteiger partial charge in [-0.2, -0.15) is 0 Å². The lowest BCUT2D eigenvalue weighted by Crippen LogP contribution is -2.13. The highest BCUT2D eigenvalue weighted by molar-refractivity contribution is 6.04. The zero-order valence-corrected chi connectivity index (χ0v) is 12.4. The van der Waals surface area contributed by atoms with Crippen molar-refractivity contribution in [2.24, 2.45) is 0 Å². The van der Waals surface area contributed by atoms with Crippen molar-refractivity contribution in [3.63, 3.8) is 0 Å². The minimum Gasteiger partial charge on any atom is -0.490 e. The molecule has 0 spiro atoms. The van der Waals surface area contributed by atoms with Crippen LogP contribution in [0.3, 0.4) is 0 Å². The molecule has 1 amide bonds. The van der Waals surface area contributed by atoms with Crippen molar-refractivity contribution in [3.05, 3.63) is 54.1 Å². The number of nitrogen functional groups attached to an aromatic ring is 1. The van der Waals surface area contributed by atoms with Crippen LogP contribution in [-0.4, -0.2) is 12.0 Å². The number of hydrogen-bond acceptors (Lipinski definition) is 3. The number of carbonyl (C=O) groups is 1. The summed E-state index contributed by atoms with van der Waals surface area (Å²) in [5, 5.41) is 2.86. The third-order valence-corrected chi connectivity index (χ3v) is 3.87. The van der Waals surface area contributed by atoms with E-state index in [2.05, 4.69) is 5.32 Å². The first-order valence-corrected chi connectivity index (χ1v) is 7.64. The molecular formula is C18H20N2O2. The average Bonchev–Trinajstić information content (AvgIpc) is 3.02. The standard InChI is InChI=1S/C18H20N2O2/c19-14-5-3-4-13(12-14)18(21)20-15-8-10-17(11-9-15)22-16-6-1-2-7-16/h3-5,8-12,16H,1-2,6-7,19H2,(H,20,21). The van der Waals surface area contributed by atoms with Gasteiger partial charge in [0.1, 0.15) is 5.75 Å². The summed E-state index contributed by atoms with van der Waals surface area (Å²) in [6.45, 7) is 0. The second-order valence-electron chi connectivity index (χ2n) is 5.63. The van der Waals surface area contributed by atoms with Crippen LogP contribution < -0.4 is 15.8 Å². The van der Waals surface area contributed by atoms with Gasteiger partial charge in [0.15, 0.2) is 0 Å². The topological polar surface area (TPSA) is 64.4 Å². The minimum atomic E-state index is -0.170. The second-order valence-corrected chi connectivity index (χ2v) is 5.63. The molecule has 1 aliphatic carbocycles. The Hall–Kier alpha value is -2.49. The van der Waals surface area contributed by atoms with Gasteiger partial charge in [0.2, 0.25) is 0 Å². The molecule has 0 unspecified atom stereocenters. The van der Waals surface area contributed by atoms with Gasteiger partial charge < -0.3 is 15.8 Å². The Balaban J connectivity index is 1.61. The fourth-order valence-corrected chi connectivity index (χ4v) is 2.70. The van der Waals surface area contributed by atoms with E-state index in [1.807, 2.05) is 24.3 Å². The average molecular weight is 296 g/mol. The summed E-state index contributed by atoms with van der Waals surface area (Å²) in [6, 6.07) is 14.4. The maximum atomic E-state index is 12.1. The minimum absolute atomic E-state index is 0.170. The lowest BCUT2D eigenvalue weighted by Gasteiger charge is -2.13. The van der Waals surface area contributed by atoms with Crippen LogP contribution in [-0.2, 0) is 0 Å². The van der Waals surface area contributed by atoms with Crippen molar-refractivity contribution in [1.29, 1.82) is 0 Å². The summed E-state index contributed by atoms with van der Waals surface area (Å²) in [5.41, 5.74) is 7.56. The number of benzene rings is 2. The molecule has 2 aromatic rings. The number of rotatable bonds is 4. The molecule has 22 heavy (non-hydrogen) atoms.